The van der Waals surface area contributed by atoms with Gasteiger partial charge in [0.15, 0.2) is 11.5 Å². The molecule has 0 radical (unpaired) electrons. The lowest BCUT2D eigenvalue weighted by Gasteiger charge is -2.14. The minimum Gasteiger partial charge on any atom is -0.493 e. The molecule has 3 aromatic rings. The van der Waals surface area contributed by atoms with E-state index in [1.54, 1.807) is 21.3 Å². The van der Waals surface area contributed by atoms with Crippen molar-refractivity contribution in [3.8, 4) is 28.4 Å². The predicted molar refractivity (Wildman–Crippen MR) is 93.9 cm³/mol. The van der Waals surface area contributed by atoms with Crippen molar-refractivity contribution in [2.75, 3.05) is 21.3 Å². The van der Waals surface area contributed by atoms with Crippen LogP contribution < -0.4 is 14.2 Å². The molecule has 0 saturated carbocycles. The Morgan fingerprint density at radius 2 is 1.64 bits per heavy atom. The molecule has 22 heavy (non-hydrogen) atoms. The van der Waals surface area contributed by atoms with E-state index in [2.05, 4.69) is 38.6 Å². The highest BCUT2D eigenvalue weighted by Gasteiger charge is 2.15. The molecule has 0 bridgehead atoms. The number of nitrogens with zero attached hydrogens (tertiary/aromatic N) is 1. The maximum Gasteiger partial charge on any atom is 0.203 e. The summed E-state index contributed by atoms with van der Waals surface area (Å²) in [4.78, 5) is 7.60. The zero-order chi connectivity index (χ0) is 15.7. The standard InChI is InChI=1S/C16H15IN2O3/c1-20-13-5-9(6-14(21-2)15(13)22-3)10-4-11-12(17)8-19-16(11)18-7-10/h4-8H,1-3H3,(H,18,19). The Labute approximate surface area is 141 Å². The lowest BCUT2D eigenvalue weighted by molar-refractivity contribution is 0.324. The number of nitrogens with one attached hydrogen (secondary N) is 1. The fraction of sp³-hybridized carbons (Fsp3) is 0.188. The Morgan fingerprint density at radius 3 is 2.23 bits per heavy atom. The first-order valence-corrected chi connectivity index (χ1v) is 7.68. The molecule has 0 fully saturated rings. The summed E-state index contributed by atoms with van der Waals surface area (Å²) >= 11 is 2.29. The average Bonchev–Trinajstić information content (AvgIpc) is 2.94. The van der Waals surface area contributed by atoms with Crippen LogP contribution in [0, 0.1) is 3.57 Å². The van der Waals surface area contributed by atoms with Crippen LogP contribution in [0.2, 0.25) is 0 Å². The maximum absolute atomic E-state index is 5.40. The van der Waals surface area contributed by atoms with Gasteiger partial charge in [0.05, 0.1) is 21.3 Å². The van der Waals surface area contributed by atoms with Gasteiger partial charge >= 0.3 is 0 Å². The molecule has 1 N–H and O–H groups in total. The largest absolute Gasteiger partial charge is 0.493 e. The Kier molecular flexibility index (Phi) is 4.10. The summed E-state index contributed by atoms with van der Waals surface area (Å²) < 4.78 is 17.3. The van der Waals surface area contributed by atoms with Crippen molar-refractivity contribution >= 4 is 33.6 Å². The van der Waals surface area contributed by atoms with E-state index in [0.29, 0.717) is 17.2 Å². The minimum absolute atomic E-state index is 0.582. The molecule has 0 unspecified atom stereocenters. The van der Waals surface area contributed by atoms with E-state index >= 15 is 0 Å². The number of fused-ring (bicyclic) bond motifs is 1. The van der Waals surface area contributed by atoms with Gasteiger partial charge in [-0.1, -0.05) is 0 Å². The van der Waals surface area contributed by atoms with Gasteiger partial charge in [-0.2, -0.15) is 0 Å². The maximum atomic E-state index is 5.40. The van der Waals surface area contributed by atoms with Crippen LogP contribution in [0.4, 0.5) is 0 Å². The van der Waals surface area contributed by atoms with Crippen molar-refractivity contribution < 1.29 is 14.2 Å². The summed E-state index contributed by atoms with van der Waals surface area (Å²) in [7, 11) is 4.81. The quantitative estimate of drug-likeness (QED) is 0.664. The van der Waals surface area contributed by atoms with E-state index in [1.807, 2.05) is 24.5 Å². The molecular formula is C16H15IN2O3. The van der Waals surface area contributed by atoms with Crippen molar-refractivity contribution in [3.05, 3.63) is 34.2 Å². The SMILES string of the molecule is COc1cc(-c2cnc3[nH]cc(I)c3c2)cc(OC)c1OC. The monoisotopic (exact) mass is 410 g/mol. The first kappa shape index (κ1) is 15.0. The van der Waals surface area contributed by atoms with E-state index < -0.39 is 0 Å². The molecule has 0 amide bonds. The second kappa shape index (κ2) is 6.04. The van der Waals surface area contributed by atoms with Gasteiger partial charge in [0.1, 0.15) is 5.65 Å². The highest BCUT2D eigenvalue weighted by atomic mass is 127. The Morgan fingerprint density at radius 1 is 0.955 bits per heavy atom. The fourth-order valence-electron chi connectivity index (χ4n) is 2.38. The van der Waals surface area contributed by atoms with E-state index in [-0.39, 0.29) is 0 Å². The summed E-state index contributed by atoms with van der Waals surface area (Å²) in [5.74, 6) is 1.83. The van der Waals surface area contributed by atoms with Crippen molar-refractivity contribution in [3.63, 3.8) is 0 Å². The number of halogens is 1. The van der Waals surface area contributed by atoms with Crippen LogP contribution in [0.25, 0.3) is 22.2 Å². The highest BCUT2D eigenvalue weighted by Crippen LogP contribution is 2.41. The van der Waals surface area contributed by atoms with Crippen LogP contribution in [0.1, 0.15) is 0 Å². The van der Waals surface area contributed by atoms with Crippen LogP contribution >= 0.6 is 22.6 Å². The summed E-state index contributed by atoms with van der Waals surface area (Å²) in [5.41, 5.74) is 2.82. The first-order valence-electron chi connectivity index (χ1n) is 6.61. The molecule has 0 aliphatic rings. The molecule has 0 aliphatic heterocycles. The van der Waals surface area contributed by atoms with Crippen molar-refractivity contribution in [1.29, 1.82) is 0 Å². The molecule has 2 heterocycles. The normalized spacial score (nSPS) is 10.7. The summed E-state index contributed by atoms with van der Waals surface area (Å²) in [6, 6.07) is 5.94. The Balaban J connectivity index is 2.18. The molecule has 114 valence electrons. The minimum atomic E-state index is 0.582. The van der Waals surface area contributed by atoms with Gasteiger partial charge < -0.3 is 19.2 Å². The third-order valence-electron chi connectivity index (χ3n) is 3.48. The van der Waals surface area contributed by atoms with Gasteiger partial charge in [-0.25, -0.2) is 4.98 Å². The number of hydrogen-bond donors (Lipinski definition) is 1. The van der Waals surface area contributed by atoms with Gasteiger partial charge in [-0.15, -0.1) is 0 Å². The lowest BCUT2D eigenvalue weighted by Crippen LogP contribution is -1.95. The van der Waals surface area contributed by atoms with E-state index in [9.17, 15) is 0 Å². The number of hydrogen-bond acceptors (Lipinski definition) is 4. The predicted octanol–water partition coefficient (Wildman–Crippen LogP) is 3.86. The summed E-state index contributed by atoms with van der Waals surface area (Å²) in [6.07, 6.45) is 3.77. The molecule has 0 saturated heterocycles. The number of ether oxygens (including phenoxy) is 3. The summed E-state index contributed by atoms with van der Waals surface area (Å²) in [6.45, 7) is 0. The third-order valence-corrected chi connectivity index (χ3v) is 4.37. The van der Waals surface area contributed by atoms with Crippen LogP contribution in [0.3, 0.4) is 0 Å². The summed E-state index contributed by atoms with van der Waals surface area (Å²) in [5, 5.41) is 1.09. The zero-order valence-electron chi connectivity index (χ0n) is 12.4. The van der Waals surface area contributed by atoms with Gasteiger partial charge in [-0.05, 0) is 46.4 Å². The number of benzene rings is 1. The lowest BCUT2D eigenvalue weighted by atomic mass is 10.1. The average molecular weight is 410 g/mol. The van der Waals surface area contributed by atoms with Gasteiger partial charge in [0, 0.05) is 26.9 Å². The smallest absolute Gasteiger partial charge is 0.203 e. The van der Waals surface area contributed by atoms with Gasteiger partial charge in [0.2, 0.25) is 5.75 Å². The number of pyridine rings is 1. The van der Waals surface area contributed by atoms with Crippen LogP contribution in [-0.4, -0.2) is 31.3 Å². The second-order valence-corrected chi connectivity index (χ2v) is 5.83. The number of methoxy groups -OCH3 is 3. The topological polar surface area (TPSA) is 56.4 Å². The number of aromatic nitrogens is 2. The fourth-order valence-corrected chi connectivity index (χ4v) is 2.94. The molecule has 2 aromatic heterocycles. The van der Waals surface area contributed by atoms with E-state index in [1.165, 1.54) is 0 Å². The number of H-pyrrole nitrogens is 1. The van der Waals surface area contributed by atoms with Crippen molar-refractivity contribution in [2.45, 2.75) is 0 Å². The molecule has 3 rings (SSSR count). The number of rotatable bonds is 4. The van der Waals surface area contributed by atoms with Crippen molar-refractivity contribution in [2.24, 2.45) is 0 Å². The van der Waals surface area contributed by atoms with E-state index in [0.717, 1.165) is 25.7 Å². The Bertz CT molecular complexity index is 804. The first-order chi connectivity index (χ1) is 10.7. The Hall–Kier alpha value is -1.96. The van der Waals surface area contributed by atoms with E-state index in [4.69, 9.17) is 14.2 Å². The molecular weight excluding hydrogens is 395 g/mol. The molecule has 0 atom stereocenters. The zero-order valence-corrected chi connectivity index (χ0v) is 14.6. The second-order valence-electron chi connectivity index (χ2n) is 4.67. The molecule has 0 spiro atoms. The van der Waals surface area contributed by atoms with Crippen LogP contribution in [0.5, 0.6) is 17.2 Å². The van der Waals surface area contributed by atoms with Crippen molar-refractivity contribution in [1.82, 2.24) is 9.97 Å². The molecule has 1 aromatic carbocycles. The molecule has 5 nitrogen and oxygen atoms in total. The van der Waals surface area contributed by atoms with Gasteiger partial charge in [0.25, 0.3) is 0 Å². The molecule has 0 aliphatic carbocycles. The third kappa shape index (κ3) is 2.47. The van der Waals surface area contributed by atoms with Gasteiger partial charge in [-0.3, -0.25) is 0 Å². The molecule has 6 heteroatoms. The highest BCUT2D eigenvalue weighted by molar-refractivity contribution is 14.1. The van der Waals surface area contributed by atoms with Crippen LogP contribution in [-0.2, 0) is 0 Å². The van der Waals surface area contributed by atoms with Crippen LogP contribution in [0.15, 0.2) is 30.6 Å². The number of aromatic amines is 1.